The Bertz CT molecular complexity index is 1290. The van der Waals surface area contributed by atoms with E-state index in [1.54, 1.807) is 12.1 Å². The van der Waals surface area contributed by atoms with Gasteiger partial charge in [-0.1, -0.05) is 24.3 Å². The number of rotatable bonds is 5. The molecular formula is C26H25N3O3S. The molecule has 0 bridgehead atoms. The summed E-state index contributed by atoms with van der Waals surface area (Å²) >= 11 is 0.858. The van der Waals surface area contributed by atoms with E-state index in [1.165, 1.54) is 0 Å². The van der Waals surface area contributed by atoms with Crippen molar-refractivity contribution in [2.75, 3.05) is 11.9 Å². The summed E-state index contributed by atoms with van der Waals surface area (Å²) in [6.45, 7) is 7.61. The average Bonchev–Trinajstić information content (AvgIpc) is 3.20. The molecular weight excluding hydrogens is 434 g/mol. The number of aryl methyl sites for hydroxylation is 3. The Kier molecular flexibility index (Phi) is 6.24. The number of para-hydroxylation sites is 1. The Morgan fingerprint density at radius 2 is 1.70 bits per heavy atom. The number of nitrogens with zero attached hydrogens (tertiary/aromatic N) is 2. The van der Waals surface area contributed by atoms with Crippen LogP contribution in [0.25, 0.3) is 11.8 Å². The first kappa shape index (κ1) is 22.6. The van der Waals surface area contributed by atoms with Gasteiger partial charge in [-0.05, 0) is 92.6 Å². The highest BCUT2D eigenvalue weighted by Gasteiger charge is 2.36. The first-order valence-corrected chi connectivity index (χ1v) is 11.4. The summed E-state index contributed by atoms with van der Waals surface area (Å²) < 4.78 is 2.10. The van der Waals surface area contributed by atoms with E-state index in [4.69, 9.17) is 0 Å². The first-order valence-electron chi connectivity index (χ1n) is 10.6. The molecule has 3 aromatic rings. The Labute approximate surface area is 197 Å². The molecule has 7 heteroatoms. The van der Waals surface area contributed by atoms with E-state index in [0.717, 1.165) is 50.4 Å². The maximum Gasteiger partial charge on any atom is 0.294 e. The monoisotopic (exact) mass is 459 g/mol. The summed E-state index contributed by atoms with van der Waals surface area (Å²) in [6.07, 6.45) is 1.73. The highest BCUT2D eigenvalue weighted by molar-refractivity contribution is 8.18. The molecule has 0 saturated carbocycles. The van der Waals surface area contributed by atoms with E-state index in [9.17, 15) is 14.4 Å². The zero-order valence-corrected chi connectivity index (χ0v) is 19.8. The lowest BCUT2D eigenvalue weighted by molar-refractivity contribution is -0.127. The molecule has 0 unspecified atom stereocenters. The number of hydrogen-bond donors (Lipinski definition) is 1. The minimum atomic E-state index is -0.454. The Hall–Kier alpha value is -3.58. The number of aromatic nitrogens is 1. The molecule has 3 amide bonds. The molecule has 1 aliphatic rings. The summed E-state index contributed by atoms with van der Waals surface area (Å²) in [6, 6.07) is 17.5. The lowest BCUT2D eigenvalue weighted by atomic mass is 10.1. The van der Waals surface area contributed by atoms with E-state index in [2.05, 4.69) is 9.88 Å². The van der Waals surface area contributed by atoms with Crippen molar-refractivity contribution in [3.8, 4) is 5.69 Å². The van der Waals surface area contributed by atoms with Crippen LogP contribution in [-0.2, 0) is 9.59 Å². The van der Waals surface area contributed by atoms with Gasteiger partial charge in [-0.25, -0.2) is 0 Å². The molecule has 1 saturated heterocycles. The lowest BCUT2D eigenvalue weighted by Crippen LogP contribution is -2.36. The largest absolute Gasteiger partial charge is 0.325 e. The zero-order valence-electron chi connectivity index (χ0n) is 19.0. The third-order valence-electron chi connectivity index (χ3n) is 5.74. The van der Waals surface area contributed by atoms with E-state index in [-0.39, 0.29) is 6.54 Å². The fourth-order valence-electron chi connectivity index (χ4n) is 3.85. The average molecular weight is 460 g/mol. The molecule has 0 atom stereocenters. The van der Waals surface area contributed by atoms with E-state index >= 15 is 0 Å². The number of benzene rings is 2. The van der Waals surface area contributed by atoms with Gasteiger partial charge in [0.2, 0.25) is 5.91 Å². The molecule has 168 valence electrons. The molecule has 0 spiro atoms. The summed E-state index contributed by atoms with van der Waals surface area (Å²) in [7, 11) is 0. The van der Waals surface area contributed by atoms with Gasteiger partial charge >= 0.3 is 0 Å². The summed E-state index contributed by atoms with van der Waals surface area (Å²) in [4.78, 5) is 39.2. The minimum Gasteiger partial charge on any atom is -0.325 e. The molecule has 1 aromatic heterocycles. The summed E-state index contributed by atoms with van der Waals surface area (Å²) in [5, 5.41) is 2.32. The smallest absolute Gasteiger partial charge is 0.294 e. The maximum atomic E-state index is 12.9. The predicted octanol–water partition coefficient (Wildman–Crippen LogP) is 5.39. The van der Waals surface area contributed by atoms with Crippen LogP contribution in [0, 0.1) is 27.7 Å². The van der Waals surface area contributed by atoms with E-state index < -0.39 is 17.1 Å². The van der Waals surface area contributed by atoms with Crippen molar-refractivity contribution in [3.05, 3.63) is 87.6 Å². The van der Waals surface area contributed by atoms with Crippen LogP contribution in [0.2, 0.25) is 0 Å². The lowest BCUT2D eigenvalue weighted by Gasteiger charge is -2.13. The molecule has 6 nitrogen and oxygen atoms in total. The topological polar surface area (TPSA) is 71.4 Å². The second kappa shape index (κ2) is 9.11. The Balaban J connectivity index is 1.51. The second-order valence-corrected chi connectivity index (χ2v) is 9.11. The van der Waals surface area contributed by atoms with Crippen LogP contribution in [0.4, 0.5) is 10.5 Å². The van der Waals surface area contributed by atoms with Gasteiger partial charge in [0.25, 0.3) is 11.1 Å². The molecule has 33 heavy (non-hydrogen) atoms. The van der Waals surface area contributed by atoms with Gasteiger partial charge in [0, 0.05) is 22.8 Å². The standard InChI is InChI=1S/C26H25N3O3S/c1-16-10-11-21(12-17(16)2)27-24(30)15-28-25(31)23(33-26(28)32)14-20-13-18(3)29(19(20)4)22-8-6-5-7-9-22/h5-14H,15H2,1-4H3,(H,27,30)/b23-14+. The molecule has 1 aliphatic heterocycles. The van der Waals surface area contributed by atoms with Crippen molar-refractivity contribution in [1.82, 2.24) is 9.47 Å². The van der Waals surface area contributed by atoms with Crippen LogP contribution in [0.15, 0.2) is 59.5 Å². The number of amides is 3. The molecule has 1 fully saturated rings. The third kappa shape index (κ3) is 4.64. The normalized spacial score (nSPS) is 14.9. The Morgan fingerprint density at radius 3 is 2.39 bits per heavy atom. The van der Waals surface area contributed by atoms with Crippen LogP contribution >= 0.6 is 11.8 Å². The van der Waals surface area contributed by atoms with Crippen molar-refractivity contribution in [3.63, 3.8) is 0 Å². The highest BCUT2D eigenvalue weighted by Crippen LogP contribution is 2.33. The van der Waals surface area contributed by atoms with Gasteiger partial charge < -0.3 is 9.88 Å². The van der Waals surface area contributed by atoms with Crippen LogP contribution in [0.3, 0.4) is 0 Å². The number of carbonyl (C=O) groups is 3. The van der Waals surface area contributed by atoms with Gasteiger partial charge in [0.05, 0.1) is 4.91 Å². The van der Waals surface area contributed by atoms with Gasteiger partial charge in [-0.15, -0.1) is 0 Å². The van der Waals surface area contributed by atoms with Crippen molar-refractivity contribution >= 4 is 40.6 Å². The zero-order chi connectivity index (χ0) is 23.7. The van der Waals surface area contributed by atoms with E-state index in [0.29, 0.717) is 10.6 Å². The van der Waals surface area contributed by atoms with Gasteiger partial charge in [-0.3, -0.25) is 19.3 Å². The van der Waals surface area contributed by atoms with Crippen LogP contribution in [0.5, 0.6) is 0 Å². The molecule has 2 heterocycles. The molecule has 4 rings (SSSR count). The van der Waals surface area contributed by atoms with Crippen molar-refractivity contribution in [2.24, 2.45) is 0 Å². The molecule has 0 aliphatic carbocycles. The number of anilines is 1. The van der Waals surface area contributed by atoms with Gasteiger partial charge in [-0.2, -0.15) is 0 Å². The van der Waals surface area contributed by atoms with Crippen LogP contribution < -0.4 is 5.32 Å². The number of carbonyl (C=O) groups excluding carboxylic acids is 3. The fourth-order valence-corrected chi connectivity index (χ4v) is 4.68. The fraction of sp³-hybridized carbons (Fsp3) is 0.192. The number of thioether (sulfide) groups is 1. The SMILES string of the molecule is Cc1ccc(NC(=O)CN2C(=O)S/C(=C/c3cc(C)n(-c4ccccc4)c3C)C2=O)cc1C. The van der Waals surface area contributed by atoms with Crippen LogP contribution in [0.1, 0.15) is 28.1 Å². The minimum absolute atomic E-state index is 0.312. The predicted molar refractivity (Wildman–Crippen MR) is 132 cm³/mol. The van der Waals surface area contributed by atoms with Crippen molar-refractivity contribution in [1.29, 1.82) is 0 Å². The second-order valence-electron chi connectivity index (χ2n) is 8.11. The van der Waals surface area contributed by atoms with Gasteiger partial charge in [0.15, 0.2) is 0 Å². The Morgan fingerprint density at radius 1 is 0.970 bits per heavy atom. The highest BCUT2D eigenvalue weighted by atomic mass is 32.2. The molecule has 2 aromatic carbocycles. The summed E-state index contributed by atoms with van der Waals surface area (Å²) in [5.74, 6) is -0.867. The maximum absolute atomic E-state index is 12.9. The van der Waals surface area contributed by atoms with Crippen molar-refractivity contribution in [2.45, 2.75) is 27.7 Å². The number of hydrogen-bond acceptors (Lipinski definition) is 4. The van der Waals surface area contributed by atoms with Crippen LogP contribution in [-0.4, -0.2) is 33.1 Å². The molecule has 1 N–H and O–H groups in total. The van der Waals surface area contributed by atoms with Crippen molar-refractivity contribution < 1.29 is 14.4 Å². The quantitative estimate of drug-likeness (QED) is 0.520. The third-order valence-corrected chi connectivity index (χ3v) is 6.64. The summed E-state index contributed by atoms with van der Waals surface area (Å²) in [5.41, 5.74) is 6.70. The first-order chi connectivity index (χ1) is 15.7. The number of imide groups is 1. The van der Waals surface area contributed by atoms with E-state index in [1.807, 2.05) is 76.2 Å². The van der Waals surface area contributed by atoms with Gasteiger partial charge in [0.1, 0.15) is 6.54 Å². The number of nitrogens with one attached hydrogen (secondary N) is 1. The molecule has 0 radical (unpaired) electrons.